The van der Waals surface area contributed by atoms with E-state index in [0.717, 1.165) is 24.0 Å². The highest BCUT2D eigenvalue weighted by Gasteiger charge is 2.48. The van der Waals surface area contributed by atoms with Gasteiger partial charge in [-0.15, -0.1) is 0 Å². The smallest absolute Gasteiger partial charge is 0.307 e. The van der Waals surface area contributed by atoms with Crippen molar-refractivity contribution >= 4 is 13.3 Å². The molecule has 4 nitrogen and oxygen atoms in total. The third kappa shape index (κ3) is 3.92. The van der Waals surface area contributed by atoms with E-state index in [0.29, 0.717) is 0 Å². The molecule has 2 aromatic rings. The van der Waals surface area contributed by atoms with Crippen LogP contribution in [-0.2, 0) is 14.1 Å². The lowest BCUT2D eigenvalue weighted by molar-refractivity contribution is -0.140. The summed E-state index contributed by atoms with van der Waals surface area (Å²) in [5, 5.41) is 3.37. The van der Waals surface area contributed by atoms with Crippen LogP contribution in [0.1, 0.15) is 48.6 Å². The van der Waals surface area contributed by atoms with E-state index in [1.165, 1.54) is 7.11 Å². The zero-order valence-electron chi connectivity index (χ0n) is 15.3. The molecule has 2 aromatic carbocycles. The lowest BCUT2D eigenvalue weighted by atomic mass is 10.0. The van der Waals surface area contributed by atoms with Gasteiger partial charge in [0.15, 0.2) is 7.29 Å². The first-order valence-electron chi connectivity index (χ1n) is 9.08. The predicted octanol–water partition coefficient (Wildman–Crippen LogP) is 5.08. The molecule has 0 radical (unpaired) electrons. The summed E-state index contributed by atoms with van der Waals surface area (Å²) in [6.45, 7) is 1.90. The van der Waals surface area contributed by atoms with E-state index >= 15 is 0 Å². The maximum Gasteiger partial charge on any atom is 0.307 e. The van der Waals surface area contributed by atoms with Crippen molar-refractivity contribution in [2.24, 2.45) is 0 Å². The lowest BCUT2D eigenvalue weighted by Gasteiger charge is -2.30. The summed E-state index contributed by atoms with van der Waals surface area (Å²) in [6, 6.07) is 19.9. The molecule has 1 heterocycles. The normalized spacial score (nSPS) is 22.7. The van der Waals surface area contributed by atoms with E-state index < -0.39 is 7.29 Å². The number of hydrogen-bond acceptors (Lipinski definition) is 3. The van der Waals surface area contributed by atoms with Crippen molar-refractivity contribution in [3.8, 4) is 0 Å². The van der Waals surface area contributed by atoms with Crippen LogP contribution in [-0.4, -0.2) is 19.1 Å². The van der Waals surface area contributed by atoms with Crippen molar-refractivity contribution in [1.29, 1.82) is 0 Å². The summed E-state index contributed by atoms with van der Waals surface area (Å²) < 4.78 is 19.1. The maximum atomic E-state index is 14.3. The van der Waals surface area contributed by atoms with Gasteiger partial charge in [0.05, 0.1) is 24.8 Å². The number of ether oxygens (including phenoxy) is 1. The first-order chi connectivity index (χ1) is 12.5. The Labute approximate surface area is 155 Å². The Morgan fingerprint density at radius 2 is 1.50 bits per heavy atom. The van der Waals surface area contributed by atoms with Crippen LogP contribution < -0.4 is 5.09 Å². The highest BCUT2D eigenvalue weighted by Crippen LogP contribution is 2.74. The number of esters is 1. The fourth-order valence-electron chi connectivity index (χ4n) is 3.95. The fourth-order valence-corrected chi connectivity index (χ4v) is 7.82. The van der Waals surface area contributed by atoms with E-state index in [1.807, 2.05) is 43.3 Å². The van der Waals surface area contributed by atoms with Crippen molar-refractivity contribution in [2.75, 3.05) is 7.11 Å². The highest BCUT2D eigenvalue weighted by atomic mass is 31.2. The molecule has 1 saturated heterocycles. The molecular formula is C21H26NO3P. The highest BCUT2D eigenvalue weighted by molar-refractivity contribution is 7.63. The zero-order chi connectivity index (χ0) is 18.6. The third-order valence-corrected chi connectivity index (χ3v) is 8.94. The molecular weight excluding hydrogens is 345 g/mol. The van der Waals surface area contributed by atoms with Crippen molar-refractivity contribution in [3.05, 3.63) is 71.8 Å². The predicted molar refractivity (Wildman–Crippen MR) is 104 cm³/mol. The van der Waals surface area contributed by atoms with Gasteiger partial charge in [0.2, 0.25) is 0 Å². The molecule has 0 unspecified atom stereocenters. The van der Waals surface area contributed by atoms with Crippen LogP contribution in [0.4, 0.5) is 0 Å². The standard InChI is InChI=1S/C21H26NO3P/c1-16(15-21(23)25-2)22-26(24)19(17-9-5-3-6-10-17)13-14-20(26)18-11-7-4-8-12-18/h3-12,16,19-20H,13-15H2,1-2H3,(H,22,24)/t16-,19-,20-/m0/s1. The molecule has 0 bridgehead atoms. The van der Waals surface area contributed by atoms with Crippen LogP contribution in [0.2, 0.25) is 0 Å². The SMILES string of the molecule is COC(=O)C[C@H](C)NP1(=O)[C@H](c2ccccc2)CC[C@H]1c1ccccc1. The van der Waals surface area contributed by atoms with Crippen LogP contribution >= 0.6 is 7.29 Å². The Kier molecular flexibility index (Phi) is 5.95. The van der Waals surface area contributed by atoms with E-state index in [9.17, 15) is 9.36 Å². The number of carbonyl (C=O) groups is 1. The minimum Gasteiger partial charge on any atom is -0.469 e. The van der Waals surface area contributed by atoms with Gasteiger partial charge in [-0.25, -0.2) is 0 Å². The molecule has 3 rings (SSSR count). The first-order valence-corrected chi connectivity index (χ1v) is 10.9. The molecule has 0 spiro atoms. The topological polar surface area (TPSA) is 55.4 Å². The monoisotopic (exact) mass is 371 g/mol. The summed E-state index contributed by atoms with van der Waals surface area (Å²) in [5.74, 6) is -0.289. The summed E-state index contributed by atoms with van der Waals surface area (Å²) in [7, 11) is -1.43. The Morgan fingerprint density at radius 1 is 1.04 bits per heavy atom. The lowest BCUT2D eigenvalue weighted by Crippen LogP contribution is -2.28. The van der Waals surface area contributed by atoms with Gasteiger partial charge in [0, 0.05) is 6.04 Å². The molecule has 0 amide bonds. The van der Waals surface area contributed by atoms with Crippen LogP contribution in [0.5, 0.6) is 0 Å². The quantitative estimate of drug-likeness (QED) is 0.568. The molecule has 1 N–H and O–H groups in total. The third-order valence-electron chi connectivity index (χ3n) is 5.13. The minimum absolute atomic E-state index is 0.0333. The average Bonchev–Trinajstić information content (AvgIpc) is 2.99. The number of benzene rings is 2. The van der Waals surface area contributed by atoms with Crippen molar-refractivity contribution in [2.45, 2.75) is 43.5 Å². The Hall–Kier alpha value is -1.90. The Morgan fingerprint density at radius 3 is 1.92 bits per heavy atom. The molecule has 0 saturated carbocycles. The van der Waals surface area contributed by atoms with Gasteiger partial charge in [-0.3, -0.25) is 9.88 Å². The van der Waals surface area contributed by atoms with Crippen LogP contribution in [0.15, 0.2) is 60.7 Å². The molecule has 0 aromatic heterocycles. The van der Waals surface area contributed by atoms with Crippen LogP contribution in [0.3, 0.4) is 0 Å². The fraction of sp³-hybridized carbons (Fsp3) is 0.381. The van der Waals surface area contributed by atoms with Gasteiger partial charge in [-0.1, -0.05) is 60.7 Å². The summed E-state index contributed by atoms with van der Waals surface area (Å²) in [6.07, 6.45) is 1.96. The summed E-state index contributed by atoms with van der Waals surface area (Å²) in [5.41, 5.74) is 2.14. The van der Waals surface area contributed by atoms with E-state index in [2.05, 4.69) is 29.4 Å². The number of nitrogens with one attached hydrogen (secondary N) is 1. The molecule has 1 aliphatic heterocycles. The number of rotatable bonds is 6. The summed E-state index contributed by atoms with van der Waals surface area (Å²) >= 11 is 0. The van der Waals surface area contributed by atoms with E-state index in [-0.39, 0.29) is 29.7 Å². The second kappa shape index (κ2) is 8.20. The zero-order valence-corrected chi connectivity index (χ0v) is 16.2. The van der Waals surface area contributed by atoms with Crippen molar-refractivity contribution in [3.63, 3.8) is 0 Å². The first kappa shape index (κ1) is 18.9. The van der Waals surface area contributed by atoms with Gasteiger partial charge in [0.1, 0.15) is 0 Å². The number of methoxy groups -OCH3 is 1. The molecule has 1 fully saturated rings. The molecule has 1 aliphatic rings. The van der Waals surface area contributed by atoms with Gasteiger partial charge >= 0.3 is 5.97 Å². The average molecular weight is 371 g/mol. The van der Waals surface area contributed by atoms with E-state index in [1.54, 1.807) is 0 Å². The van der Waals surface area contributed by atoms with Crippen molar-refractivity contribution < 1.29 is 14.1 Å². The van der Waals surface area contributed by atoms with Crippen molar-refractivity contribution in [1.82, 2.24) is 5.09 Å². The molecule has 138 valence electrons. The largest absolute Gasteiger partial charge is 0.469 e. The van der Waals surface area contributed by atoms with Crippen LogP contribution in [0.25, 0.3) is 0 Å². The molecule has 3 atom stereocenters. The van der Waals surface area contributed by atoms with Gasteiger partial charge in [-0.05, 0) is 30.9 Å². The molecule has 5 heteroatoms. The second-order valence-corrected chi connectivity index (χ2v) is 9.87. The Balaban J connectivity index is 1.93. The summed E-state index contributed by atoms with van der Waals surface area (Å²) in [4.78, 5) is 11.7. The maximum absolute atomic E-state index is 14.3. The van der Waals surface area contributed by atoms with Gasteiger partial charge in [0.25, 0.3) is 0 Å². The number of carbonyl (C=O) groups excluding carboxylic acids is 1. The minimum atomic E-state index is -2.81. The van der Waals surface area contributed by atoms with Gasteiger partial charge < -0.3 is 9.30 Å². The molecule has 0 aliphatic carbocycles. The van der Waals surface area contributed by atoms with Crippen LogP contribution in [0, 0.1) is 0 Å². The number of hydrogen-bond donors (Lipinski definition) is 1. The second-order valence-electron chi connectivity index (χ2n) is 6.95. The Bertz CT molecular complexity index is 727. The molecule has 26 heavy (non-hydrogen) atoms. The van der Waals surface area contributed by atoms with E-state index in [4.69, 9.17) is 4.74 Å². The van der Waals surface area contributed by atoms with Gasteiger partial charge in [-0.2, -0.15) is 0 Å².